The zero-order valence-corrected chi connectivity index (χ0v) is 21.2. The number of hydrogen-bond acceptors (Lipinski definition) is 5. The van der Waals surface area contributed by atoms with Gasteiger partial charge in [-0.2, -0.15) is 9.40 Å². The smallest absolute Gasteiger partial charge is 0.243 e. The van der Waals surface area contributed by atoms with Crippen molar-refractivity contribution < 1.29 is 17.9 Å². The Morgan fingerprint density at radius 3 is 2.57 bits per heavy atom. The van der Waals surface area contributed by atoms with Gasteiger partial charge in [0, 0.05) is 37.7 Å². The Kier molecular flexibility index (Phi) is 7.52. The van der Waals surface area contributed by atoms with Gasteiger partial charge < -0.3 is 4.74 Å². The second-order valence-electron chi connectivity index (χ2n) is 8.58. The fraction of sp³-hybridized carbons (Fsp3) is 0.333. The molecule has 0 radical (unpaired) electrons. The van der Waals surface area contributed by atoms with E-state index in [1.807, 2.05) is 50.4 Å². The van der Waals surface area contributed by atoms with Gasteiger partial charge in [-0.1, -0.05) is 43.7 Å². The van der Waals surface area contributed by atoms with Crippen molar-refractivity contribution in [1.29, 1.82) is 0 Å². The zero-order chi connectivity index (χ0) is 25.0. The summed E-state index contributed by atoms with van der Waals surface area (Å²) in [5.41, 5.74) is 3.79. The largest absolute Gasteiger partial charge is 0.493 e. The fourth-order valence-corrected chi connectivity index (χ4v) is 5.73. The molecular weight excluding hydrogens is 462 g/mol. The molecule has 2 heterocycles. The first-order valence-electron chi connectivity index (χ1n) is 11.9. The van der Waals surface area contributed by atoms with Crippen LogP contribution in [0.4, 0.5) is 0 Å². The van der Waals surface area contributed by atoms with Gasteiger partial charge in [0.2, 0.25) is 10.0 Å². The zero-order valence-electron chi connectivity index (χ0n) is 20.4. The molecule has 1 aliphatic heterocycles. The lowest BCUT2D eigenvalue weighted by Gasteiger charge is -2.27. The van der Waals surface area contributed by atoms with E-state index < -0.39 is 10.0 Å². The second-order valence-corrected chi connectivity index (χ2v) is 10.5. The number of ether oxygens (including phenoxy) is 1. The van der Waals surface area contributed by atoms with E-state index >= 15 is 0 Å². The van der Waals surface area contributed by atoms with Crippen molar-refractivity contribution in [3.63, 3.8) is 0 Å². The van der Waals surface area contributed by atoms with Crippen LogP contribution in [-0.2, 0) is 28.3 Å². The van der Waals surface area contributed by atoms with E-state index in [-0.39, 0.29) is 30.2 Å². The number of hydrogen-bond donors (Lipinski definition) is 0. The Bertz CT molecular complexity index is 1340. The summed E-state index contributed by atoms with van der Waals surface area (Å²) in [5, 5.41) is 4.57. The molecule has 0 N–H and O–H groups in total. The predicted molar refractivity (Wildman–Crippen MR) is 137 cm³/mol. The van der Waals surface area contributed by atoms with Gasteiger partial charge >= 0.3 is 0 Å². The van der Waals surface area contributed by atoms with Crippen LogP contribution in [0.15, 0.2) is 65.1 Å². The van der Waals surface area contributed by atoms with Crippen molar-refractivity contribution in [1.82, 2.24) is 14.1 Å². The molecule has 1 fully saturated rings. The standard InChI is InChI=1S/C27H31N3O4S/c1-4-9-22-17-25(29(3)28-22)24-18-23(12-13-27(24)34-5-2)35(32,33)30-15-14-26(31)21(19-30)16-20-10-7-6-8-11-20/h6-8,10-13,16-18H,4-5,9,14-15,19H2,1-3H3/b21-16+. The maximum atomic E-state index is 13.7. The number of nitrogens with zero attached hydrogens (tertiary/aromatic N) is 3. The molecule has 1 aliphatic rings. The lowest BCUT2D eigenvalue weighted by Crippen LogP contribution is -2.40. The Labute approximate surface area is 207 Å². The Morgan fingerprint density at radius 1 is 1.09 bits per heavy atom. The third-order valence-corrected chi connectivity index (χ3v) is 7.88. The van der Waals surface area contributed by atoms with Gasteiger partial charge in [0.15, 0.2) is 5.78 Å². The molecule has 0 unspecified atom stereocenters. The van der Waals surface area contributed by atoms with E-state index in [0.717, 1.165) is 29.8 Å². The summed E-state index contributed by atoms with van der Waals surface area (Å²) in [5.74, 6) is 0.585. The monoisotopic (exact) mass is 493 g/mol. The van der Waals surface area contributed by atoms with E-state index in [2.05, 4.69) is 12.0 Å². The molecule has 4 rings (SSSR count). The molecule has 1 saturated heterocycles. The van der Waals surface area contributed by atoms with Crippen LogP contribution in [0.25, 0.3) is 17.3 Å². The molecule has 0 bridgehead atoms. The summed E-state index contributed by atoms with van der Waals surface area (Å²) in [4.78, 5) is 12.7. The molecule has 0 amide bonds. The van der Waals surface area contributed by atoms with Crippen LogP contribution in [0.1, 0.15) is 37.9 Å². The van der Waals surface area contributed by atoms with E-state index in [4.69, 9.17) is 4.74 Å². The van der Waals surface area contributed by atoms with Gasteiger partial charge in [0.1, 0.15) is 5.75 Å². The topological polar surface area (TPSA) is 81.5 Å². The summed E-state index contributed by atoms with van der Waals surface area (Å²) in [7, 11) is -1.98. The number of Topliss-reactive ketones (excluding diaryl/α,β-unsaturated/α-hetero) is 1. The Balaban J connectivity index is 1.70. The Morgan fingerprint density at radius 2 is 1.86 bits per heavy atom. The molecule has 184 valence electrons. The molecule has 0 aliphatic carbocycles. The first kappa shape index (κ1) is 24.9. The van der Waals surface area contributed by atoms with Crippen LogP contribution in [0.3, 0.4) is 0 Å². The fourth-order valence-electron chi connectivity index (χ4n) is 4.28. The van der Waals surface area contributed by atoms with Gasteiger partial charge in [0.25, 0.3) is 0 Å². The number of carbonyl (C=O) groups excluding carboxylic acids is 1. The number of benzene rings is 2. The Hall–Kier alpha value is -3.23. The third-order valence-electron chi connectivity index (χ3n) is 6.03. The van der Waals surface area contributed by atoms with Crippen LogP contribution in [0, 0.1) is 0 Å². The highest BCUT2D eigenvalue weighted by Crippen LogP contribution is 2.34. The number of rotatable bonds is 8. The highest BCUT2D eigenvalue weighted by atomic mass is 32.2. The molecule has 8 heteroatoms. The van der Waals surface area contributed by atoms with Crippen molar-refractivity contribution in [3.05, 3.63) is 71.4 Å². The molecule has 2 aromatic carbocycles. The summed E-state index contributed by atoms with van der Waals surface area (Å²) in [6.45, 7) is 4.65. The molecule has 0 atom stereocenters. The van der Waals surface area contributed by atoms with E-state index in [1.54, 1.807) is 29.0 Å². The molecule has 35 heavy (non-hydrogen) atoms. The normalized spacial score (nSPS) is 16.1. The lowest BCUT2D eigenvalue weighted by atomic mass is 10.0. The first-order chi connectivity index (χ1) is 16.8. The van der Waals surface area contributed by atoms with Crippen LogP contribution in [0.2, 0.25) is 0 Å². The van der Waals surface area contributed by atoms with Gasteiger partial charge in [-0.15, -0.1) is 0 Å². The van der Waals surface area contributed by atoms with Crippen LogP contribution >= 0.6 is 0 Å². The minimum Gasteiger partial charge on any atom is -0.493 e. The average molecular weight is 494 g/mol. The lowest BCUT2D eigenvalue weighted by molar-refractivity contribution is -0.116. The van der Waals surface area contributed by atoms with Crippen molar-refractivity contribution in [2.75, 3.05) is 19.7 Å². The minimum atomic E-state index is -3.83. The molecule has 0 saturated carbocycles. The van der Waals surface area contributed by atoms with E-state index in [0.29, 0.717) is 23.5 Å². The molecule has 3 aromatic rings. The number of aromatic nitrogens is 2. The van der Waals surface area contributed by atoms with Crippen molar-refractivity contribution >= 4 is 21.9 Å². The van der Waals surface area contributed by atoms with Gasteiger partial charge in [-0.05, 0) is 49.2 Å². The number of ketones is 1. The van der Waals surface area contributed by atoms with Gasteiger partial charge in [0.05, 0.1) is 22.9 Å². The minimum absolute atomic E-state index is 0.0222. The number of aryl methyl sites for hydroxylation is 2. The molecule has 7 nitrogen and oxygen atoms in total. The second kappa shape index (κ2) is 10.6. The van der Waals surface area contributed by atoms with Crippen LogP contribution in [0.5, 0.6) is 5.75 Å². The molecule has 1 aromatic heterocycles. The quantitative estimate of drug-likeness (QED) is 0.432. The molecular formula is C27H31N3O4S. The maximum Gasteiger partial charge on any atom is 0.243 e. The predicted octanol–water partition coefficient (Wildman–Crippen LogP) is 4.49. The highest BCUT2D eigenvalue weighted by Gasteiger charge is 2.32. The van der Waals surface area contributed by atoms with Crippen molar-refractivity contribution in [3.8, 4) is 17.0 Å². The summed E-state index contributed by atoms with van der Waals surface area (Å²) < 4.78 is 36.3. The van der Waals surface area contributed by atoms with Gasteiger partial charge in [-0.25, -0.2) is 8.42 Å². The number of piperidine rings is 1. The van der Waals surface area contributed by atoms with Crippen molar-refractivity contribution in [2.24, 2.45) is 7.05 Å². The number of sulfonamides is 1. The summed E-state index contributed by atoms with van der Waals surface area (Å²) >= 11 is 0. The van der Waals surface area contributed by atoms with Gasteiger partial charge in [-0.3, -0.25) is 9.48 Å². The van der Waals surface area contributed by atoms with E-state index in [9.17, 15) is 13.2 Å². The van der Waals surface area contributed by atoms with Crippen LogP contribution < -0.4 is 4.74 Å². The maximum absolute atomic E-state index is 13.7. The summed E-state index contributed by atoms with van der Waals surface area (Å²) in [6, 6.07) is 16.4. The van der Waals surface area contributed by atoms with E-state index in [1.165, 1.54) is 4.31 Å². The highest BCUT2D eigenvalue weighted by molar-refractivity contribution is 7.89. The van der Waals surface area contributed by atoms with Crippen molar-refractivity contribution in [2.45, 2.75) is 38.0 Å². The van der Waals surface area contributed by atoms with Crippen LogP contribution in [-0.4, -0.2) is 48.0 Å². The first-order valence-corrected chi connectivity index (χ1v) is 13.4. The number of carbonyl (C=O) groups is 1. The third kappa shape index (κ3) is 5.39. The SMILES string of the molecule is CCCc1cc(-c2cc(S(=O)(=O)N3CCC(=O)/C(=C/c4ccccc4)C3)ccc2OCC)n(C)n1. The average Bonchev–Trinajstić information content (AvgIpc) is 3.21. The summed E-state index contributed by atoms with van der Waals surface area (Å²) in [6.07, 6.45) is 3.74. The molecule has 0 spiro atoms.